The van der Waals surface area contributed by atoms with Gasteiger partial charge in [0.1, 0.15) is 6.50 Å². The maximum absolute atomic E-state index is 11.2. The monoisotopic (exact) mass is 271 g/mol. The summed E-state index contributed by atoms with van der Waals surface area (Å²) in [4.78, 5) is 11.6. The van der Waals surface area contributed by atoms with Crippen LogP contribution in [-0.2, 0) is 11.2 Å². The number of carbonyl (C=O) groups excluding carboxylic acids is 1. The van der Waals surface area contributed by atoms with Crippen molar-refractivity contribution in [3.63, 3.8) is 0 Å². The number of carbonyl (C=O) groups is 1. The number of nitrogens with zero attached hydrogens (tertiary/aromatic N) is 4. The second-order valence-electron chi connectivity index (χ2n) is 2.99. The molecule has 0 spiro atoms. The number of nitrogens with two attached hydrogens (primary N) is 1. The van der Waals surface area contributed by atoms with Gasteiger partial charge in [0.2, 0.25) is 0 Å². The maximum Gasteiger partial charge on any atom is 0.405 e. The van der Waals surface area contributed by atoms with E-state index in [1.54, 1.807) is 0 Å². The van der Waals surface area contributed by atoms with Gasteiger partial charge in [-0.15, -0.1) is 10.2 Å². The lowest BCUT2D eigenvalue weighted by atomic mass is 10.1. The summed E-state index contributed by atoms with van der Waals surface area (Å²) in [6.07, 6.45) is -3.18. The first-order valence-corrected chi connectivity index (χ1v) is 5.05. The molecule has 0 aliphatic carbocycles. The summed E-state index contributed by atoms with van der Waals surface area (Å²) in [5.74, 6) is 0. The Hall–Kier alpha value is -2.15. The largest absolute Gasteiger partial charge is 0.439 e. The normalized spacial score (nSPS) is 17.8. The van der Waals surface area contributed by atoms with Crippen LogP contribution in [0.25, 0.3) is 0 Å². The minimum Gasteiger partial charge on any atom is -0.439 e. The van der Waals surface area contributed by atoms with E-state index in [0.29, 0.717) is 4.80 Å². The van der Waals surface area contributed by atoms with Crippen LogP contribution in [0.4, 0.5) is 4.79 Å². The van der Waals surface area contributed by atoms with Crippen molar-refractivity contribution in [2.24, 2.45) is 5.73 Å². The molecule has 18 heavy (non-hydrogen) atoms. The molecule has 2 aromatic rings. The van der Waals surface area contributed by atoms with Crippen molar-refractivity contribution in [2.45, 2.75) is 12.6 Å². The SMILES string of the molecule is [2H]c1ccc(Cl)c(C([2H])(OC(N)=O)C([2H])([2H])n2ncnn2)c1. The molecule has 1 aromatic heterocycles. The molecule has 2 N–H and O–H groups in total. The van der Waals surface area contributed by atoms with Crippen molar-refractivity contribution >= 4 is 17.7 Å². The average molecular weight is 272 g/mol. The van der Waals surface area contributed by atoms with Crippen LogP contribution in [0, 0.1) is 0 Å². The van der Waals surface area contributed by atoms with Crippen LogP contribution in [0.2, 0.25) is 5.02 Å². The Kier molecular flexibility index (Phi) is 2.44. The Morgan fingerprint density at radius 2 is 2.61 bits per heavy atom. The van der Waals surface area contributed by atoms with Crippen molar-refractivity contribution in [3.05, 3.63) is 41.2 Å². The van der Waals surface area contributed by atoms with E-state index in [1.165, 1.54) is 12.1 Å². The second-order valence-corrected chi connectivity index (χ2v) is 3.40. The Morgan fingerprint density at radius 1 is 1.78 bits per heavy atom. The van der Waals surface area contributed by atoms with E-state index in [2.05, 4.69) is 20.1 Å². The van der Waals surface area contributed by atoms with Crippen LogP contribution in [0.15, 0.2) is 30.6 Å². The van der Waals surface area contributed by atoms with Crippen LogP contribution in [0.1, 0.15) is 17.1 Å². The average Bonchev–Trinajstić information content (AvgIpc) is 2.95. The lowest BCUT2D eigenvalue weighted by molar-refractivity contribution is 0.0901. The van der Waals surface area contributed by atoms with Crippen LogP contribution in [0.5, 0.6) is 0 Å². The fourth-order valence-corrected chi connectivity index (χ4v) is 1.34. The van der Waals surface area contributed by atoms with Gasteiger partial charge >= 0.3 is 6.09 Å². The topological polar surface area (TPSA) is 95.9 Å². The van der Waals surface area contributed by atoms with E-state index < -0.39 is 18.7 Å². The van der Waals surface area contributed by atoms with Crippen molar-refractivity contribution in [1.29, 1.82) is 0 Å². The molecule has 2 rings (SSSR count). The minimum absolute atomic E-state index is 0.0635. The highest BCUT2D eigenvalue weighted by Gasteiger charge is 2.19. The highest BCUT2D eigenvalue weighted by atomic mass is 35.5. The van der Waals surface area contributed by atoms with Gasteiger partial charge in [0, 0.05) is 10.6 Å². The molecule has 7 nitrogen and oxygen atoms in total. The fourth-order valence-electron chi connectivity index (χ4n) is 1.13. The van der Waals surface area contributed by atoms with Crippen molar-refractivity contribution in [3.8, 4) is 0 Å². The zero-order valence-corrected chi connectivity index (χ0v) is 9.63. The summed E-state index contributed by atoms with van der Waals surface area (Å²) in [5.41, 5.74) is 4.68. The summed E-state index contributed by atoms with van der Waals surface area (Å²) in [6.45, 7) is -2.80. The van der Waals surface area contributed by atoms with Gasteiger partial charge in [0.25, 0.3) is 0 Å². The van der Waals surface area contributed by atoms with Gasteiger partial charge in [-0.25, -0.2) is 4.79 Å². The molecule has 1 unspecified atom stereocenters. The lowest BCUT2D eigenvalue weighted by Gasteiger charge is -2.17. The molecule has 0 fully saturated rings. The van der Waals surface area contributed by atoms with Crippen LogP contribution >= 0.6 is 11.6 Å². The molecule has 1 aromatic carbocycles. The number of benzene rings is 1. The molecule has 1 amide bonds. The standard InChI is InChI=1S/C10H10ClN5O2/c11-8-4-2-1-3-7(8)9(18-10(12)17)5-16-14-6-13-15-16/h1-4,6,9H,5H2,(H2,12,17)/i1D,5D2,9D. The molecule has 0 bridgehead atoms. The van der Waals surface area contributed by atoms with Crippen molar-refractivity contribution in [1.82, 2.24) is 20.2 Å². The molecule has 0 aliphatic rings. The number of amides is 1. The van der Waals surface area contributed by atoms with Crippen molar-refractivity contribution < 1.29 is 15.0 Å². The number of ether oxygens (including phenoxy) is 1. The first-order valence-electron chi connectivity index (χ1n) is 6.67. The zero-order chi connectivity index (χ0) is 16.5. The minimum atomic E-state index is -2.80. The summed E-state index contributed by atoms with van der Waals surface area (Å²) in [6, 6.07) is 3.64. The first kappa shape index (κ1) is 8.04. The number of hydrogen-bond acceptors (Lipinski definition) is 5. The molecular formula is C10H10ClN5O2. The molecule has 0 saturated carbocycles. The van der Waals surface area contributed by atoms with Gasteiger partial charge in [-0.05, 0) is 11.3 Å². The van der Waals surface area contributed by atoms with Crippen LogP contribution in [-0.4, -0.2) is 26.3 Å². The molecule has 0 aliphatic heterocycles. The van der Waals surface area contributed by atoms with Crippen LogP contribution < -0.4 is 5.73 Å². The molecule has 0 radical (unpaired) electrons. The molecular weight excluding hydrogens is 258 g/mol. The van der Waals surface area contributed by atoms with E-state index in [0.717, 1.165) is 12.4 Å². The van der Waals surface area contributed by atoms with E-state index >= 15 is 0 Å². The summed E-state index contributed by atoms with van der Waals surface area (Å²) >= 11 is 5.96. The maximum atomic E-state index is 11.2. The van der Waals surface area contributed by atoms with Gasteiger partial charge in [-0.3, -0.25) is 0 Å². The molecule has 8 heteroatoms. The van der Waals surface area contributed by atoms with Gasteiger partial charge in [-0.1, -0.05) is 29.8 Å². The predicted molar refractivity (Wildman–Crippen MR) is 62.7 cm³/mol. The quantitative estimate of drug-likeness (QED) is 0.900. The molecule has 1 atom stereocenters. The van der Waals surface area contributed by atoms with Gasteiger partial charge in [-0.2, -0.15) is 4.80 Å². The molecule has 94 valence electrons. The smallest absolute Gasteiger partial charge is 0.405 e. The van der Waals surface area contributed by atoms with Gasteiger partial charge < -0.3 is 10.5 Å². The van der Waals surface area contributed by atoms with Gasteiger partial charge in [0.15, 0.2) is 12.4 Å². The number of halogens is 1. The number of rotatable bonds is 4. The highest BCUT2D eigenvalue weighted by molar-refractivity contribution is 6.31. The highest BCUT2D eigenvalue weighted by Crippen LogP contribution is 2.26. The number of aromatic nitrogens is 4. The Labute approximate surface area is 113 Å². The Morgan fingerprint density at radius 3 is 3.28 bits per heavy atom. The third-order valence-electron chi connectivity index (χ3n) is 1.81. The summed E-state index contributed by atoms with van der Waals surface area (Å²) in [7, 11) is 0. The van der Waals surface area contributed by atoms with E-state index in [9.17, 15) is 4.79 Å². The molecule has 0 saturated heterocycles. The first-order chi connectivity index (χ1) is 10.2. The second kappa shape index (κ2) is 5.46. The zero-order valence-electron chi connectivity index (χ0n) is 12.9. The Bertz CT molecular complexity index is 699. The van der Waals surface area contributed by atoms with Crippen molar-refractivity contribution in [2.75, 3.05) is 0 Å². The van der Waals surface area contributed by atoms with Crippen LogP contribution in [0.3, 0.4) is 0 Å². The lowest BCUT2D eigenvalue weighted by Crippen LogP contribution is -2.22. The number of tetrazole rings is 1. The summed E-state index contributed by atoms with van der Waals surface area (Å²) in [5, 5.41) is 10.2. The van der Waals surface area contributed by atoms with E-state index in [-0.39, 0.29) is 16.6 Å². The Balaban J connectivity index is 2.67. The fraction of sp³-hybridized carbons (Fsp3) is 0.200. The summed E-state index contributed by atoms with van der Waals surface area (Å²) < 4.78 is 36.7. The number of primary amides is 1. The third kappa shape index (κ3) is 2.95. The number of hydrogen-bond donors (Lipinski definition) is 1. The van der Waals surface area contributed by atoms with E-state index in [4.69, 9.17) is 22.8 Å². The van der Waals surface area contributed by atoms with E-state index in [1.807, 2.05) is 0 Å². The third-order valence-corrected chi connectivity index (χ3v) is 2.14. The van der Waals surface area contributed by atoms with Gasteiger partial charge in [0.05, 0.1) is 5.48 Å². The molecule has 1 heterocycles. The predicted octanol–water partition coefficient (Wildman–Crippen LogP) is 1.16.